The van der Waals surface area contributed by atoms with Gasteiger partial charge in [0.2, 0.25) is 0 Å². The van der Waals surface area contributed by atoms with E-state index in [0.29, 0.717) is 4.47 Å². The molecule has 1 aromatic rings. The van der Waals surface area contributed by atoms with Gasteiger partial charge in [0.1, 0.15) is 11.3 Å². The maximum atomic E-state index is 11.6. The normalized spacial score (nSPS) is 11.8. The van der Waals surface area contributed by atoms with Gasteiger partial charge >= 0.3 is 5.97 Å². The summed E-state index contributed by atoms with van der Waals surface area (Å²) in [5.74, 6) is -1.15. The lowest BCUT2D eigenvalue weighted by atomic mass is 10.2. The Hall–Kier alpha value is -1.56. The maximum Gasteiger partial charge on any atom is 0.339 e. The number of likely N-dealkylation sites (N-methyl/N-ethyl adjacent to an activating group) is 1. The first-order valence-electron chi connectivity index (χ1n) is 5.23. The van der Waals surface area contributed by atoms with E-state index in [1.54, 1.807) is 27.1 Å². The number of hydrogen-bond donors (Lipinski definition) is 1. The number of nitrogens with zero attached hydrogens (tertiary/aromatic N) is 1. The molecule has 98 valence electrons. The predicted octanol–water partition coefficient (Wildman–Crippen LogP) is 2.00. The van der Waals surface area contributed by atoms with Crippen molar-refractivity contribution in [1.82, 2.24) is 4.90 Å². The summed E-state index contributed by atoms with van der Waals surface area (Å²) < 4.78 is 6.03. The van der Waals surface area contributed by atoms with E-state index in [2.05, 4.69) is 15.9 Å². The lowest BCUT2D eigenvalue weighted by Crippen LogP contribution is -2.35. The molecule has 0 aliphatic heterocycles. The van der Waals surface area contributed by atoms with Gasteiger partial charge in [-0.2, -0.15) is 0 Å². The minimum absolute atomic E-state index is 0.0165. The van der Waals surface area contributed by atoms with Crippen LogP contribution in [0.1, 0.15) is 17.3 Å². The summed E-state index contributed by atoms with van der Waals surface area (Å²) in [5.41, 5.74) is 0.0165. The Morgan fingerprint density at radius 2 is 2.00 bits per heavy atom. The number of ether oxygens (including phenoxy) is 1. The predicted molar refractivity (Wildman–Crippen MR) is 69.9 cm³/mol. The molecule has 5 nitrogen and oxygen atoms in total. The van der Waals surface area contributed by atoms with Crippen LogP contribution >= 0.6 is 15.9 Å². The van der Waals surface area contributed by atoms with Gasteiger partial charge in [-0.25, -0.2) is 4.79 Å². The largest absolute Gasteiger partial charge is 0.480 e. The quantitative estimate of drug-likeness (QED) is 0.923. The highest BCUT2D eigenvalue weighted by Gasteiger charge is 2.20. The van der Waals surface area contributed by atoms with E-state index in [-0.39, 0.29) is 17.2 Å². The molecule has 18 heavy (non-hydrogen) atoms. The second-order valence-electron chi connectivity index (χ2n) is 3.94. The van der Waals surface area contributed by atoms with E-state index in [9.17, 15) is 9.59 Å². The van der Waals surface area contributed by atoms with Crippen LogP contribution in [0.2, 0.25) is 0 Å². The van der Waals surface area contributed by atoms with Crippen molar-refractivity contribution in [3.63, 3.8) is 0 Å². The van der Waals surface area contributed by atoms with Gasteiger partial charge in [-0.1, -0.05) is 15.9 Å². The van der Waals surface area contributed by atoms with Gasteiger partial charge in [0, 0.05) is 18.6 Å². The highest BCUT2D eigenvalue weighted by Crippen LogP contribution is 2.24. The van der Waals surface area contributed by atoms with E-state index in [1.807, 2.05) is 0 Å². The standard InChI is InChI=1S/C12H14BrNO4/c1-7(11(15)14(2)3)18-10-5-4-8(13)6-9(10)12(16)17/h4-7H,1-3H3,(H,16,17). The summed E-state index contributed by atoms with van der Waals surface area (Å²) in [6, 6.07) is 4.62. The summed E-state index contributed by atoms with van der Waals surface area (Å²) in [5, 5.41) is 9.05. The number of carboxylic acid groups (broad SMARTS) is 1. The number of halogens is 1. The molecule has 1 N–H and O–H groups in total. The molecule has 0 aromatic heterocycles. The topological polar surface area (TPSA) is 66.8 Å². The summed E-state index contributed by atoms with van der Waals surface area (Å²) in [7, 11) is 3.23. The summed E-state index contributed by atoms with van der Waals surface area (Å²) in [4.78, 5) is 24.1. The van der Waals surface area contributed by atoms with Crippen LogP contribution in [-0.4, -0.2) is 42.1 Å². The zero-order chi connectivity index (χ0) is 13.9. The maximum absolute atomic E-state index is 11.6. The zero-order valence-corrected chi connectivity index (χ0v) is 11.9. The number of carbonyl (C=O) groups excluding carboxylic acids is 1. The van der Waals surface area contributed by atoms with Crippen LogP contribution in [0.25, 0.3) is 0 Å². The van der Waals surface area contributed by atoms with Gasteiger partial charge in [-0.15, -0.1) is 0 Å². The molecule has 1 unspecified atom stereocenters. The van der Waals surface area contributed by atoms with E-state index < -0.39 is 12.1 Å². The van der Waals surface area contributed by atoms with Crippen molar-refractivity contribution in [2.24, 2.45) is 0 Å². The third kappa shape index (κ3) is 3.46. The number of amides is 1. The molecule has 0 spiro atoms. The van der Waals surface area contributed by atoms with E-state index in [4.69, 9.17) is 9.84 Å². The molecule has 0 saturated heterocycles. The molecule has 0 fully saturated rings. The van der Waals surface area contributed by atoms with Crippen LogP contribution in [0.15, 0.2) is 22.7 Å². The number of hydrogen-bond acceptors (Lipinski definition) is 3. The van der Waals surface area contributed by atoms with Crippen LogP contribution in [0, 0.1) is 0 Å². The molecular formula is C12H14BrNO4. The molecule has 0 saturated carbocycles. The first-order valence-corrected chi connectivity index (χ1v) is 6.03. The van der Waals surface area contributed by atoms with Gasteiger partial charge in [0.25, 0.3) is 5.91 Å². The van der Waals surface area contributed by atoms with E-state index >= 15 is 0 Å². The Morgan fingerprint density at radius 3 is 2.50 bits per heavy atom. The molecule has 0 bridgehead atoms. The second kappa shape index (κ2) is 5.86. The van der Waals surface area contributed by atoms with Gasteiger partial charge < -0.3 is 14.7 Å². The van der Waals surface area contributed by atoms with Crippen molar-refractivity contribution in [3.8, 4) is 5.75 Å². The molecule has 0 radical (unpaired) electrons. The molecule has 0 heterocycles. The fourth-order valence-corrected chi connectivity index (χ4v) is 1.74. The van der Waals surface area contributed by atoms with E-state index in [1.165, 1.54) is 17.0 Å². The molecule has 0 aliphatic carbocycles. The molecule has 1 amide bonds. The highest BCUT2D eigenvalue weighted by atomic mass is 79.9. The van der Waals surface area contributed by atoms with Gasteiger partial charge in [0.05, 0.1) is 0 Å². The number of benzene rings is 1. The van der Waals surface area contributed by atoms with Crippen LogP contribution < -0.4 is 4.74 Å². The molecule has 6 heteroatoms. The van der Waals surface area contributed by atoms with Crippen molar-refractivity contribution in [2.45, 2.75) is 13.0 Å². The SMILES string of the molecule is CC(Oc1ccc(Br)cc1C(=O)O)C(=O)N(C)C. The lowest BCUT2D eigenvalue weighted by Gasteiger charge is -2.19. The van der Waals surface area contributed by atoms with Crippen molar-refractivity contribution in [3.05, 3.63) is 28.2 Å². The Labute approximate surface area is 113 Å². The second-order valence-corrected chi connectivity index (χ2v) is 4.85. The smallest absolute Gasteiger partial charge is 0.339 e. The Morgan fingerprint density at radius 1 is 1.39 bits per heavy atom. The number of rotatable bonds is 4. The van der Waals surface area contributed by atoms with Crippen LogP contribution in [0.5, 0.6) is 5.75 Å². The fourth-order valence-electron chi connectivity index (χ4n) is 1.38. The van der Waals surface area contributed by atoms with Gasteiger partial charge in [-0.05, 0) is 25.1 Å². The molecular weight excluding hydrogens is 302 g/mol. The summed E-state index contributed by atoms with van der Waals surface area (Å²) in [6.07, 6.45) is -0.737. The Kier molecular flexibility index (Phi) is 4.72. The van der Waals surface area contributed by atoms with Crippen LogP contribution in [0.4, 0.5) is 0 Å². The first-order chi connectivity index (χ1) is 8.32. The average molecular weight is 316 g/mol. The third-order valence-corrected chi connectivity index (χ3v) is 2.76. The molecule has 0 aliphatic rings. The van der Waals surface area contributed by atoms with Crippen LogP contribution in [-0.2, 0) is 4.79 Å². The van der Waals surface area contributed by atoms with Gasteiger partial charge in [-0.3, -0.25) is 4.79 Å². The number of carboxylic acids is 1. The highest BCUT2D eigenvalue weighted by molar-refractivity contribution is 9.10. The molecule has 1 rings (SSSR count). The average Bonchev–Trinajstić information content (AvgIpc) is 2.29. The Balaban J connectivity index is 2.97. The Bertz CT molecular complexity index is 473. The van der Waals surface area contributed by atoms with Crippen molar-refractivity contribution < 1.29 is 19.4 Å². The number of carbonyl (C=O) groups is 2. The van der Waals surface area contributed by atoms with Gasteiger partial charge in [0.15, 0.2) is 6.10 Å². The third-order valence-electron chi connectivity index (χ3n) is 2.26. The number of aromatic carboxylic acids is 1. The zero-order valence-electron chi connectivity index (χ0n) is 10.3. The van der Waals surface area contributed by atoms with Crippen molar-refractivity contribution >= 4 is 27.8 Å². The monoisotopic (exact) mass is 315 g/mol. The summed E-state index contributed by atoms with van der Waals surface area (Å²) in [6.45, 7) is 1.58. The van der Waals surface area contributed by atoms with Crippen LogP contribution in [0.3, 0.4) is 0 Å². The summed E-state index contributed by atoms with van der Waals surface area (Å²) >= 11 is 3.19. The van der Waals surface area contributed by atoms with E-state index in [0.717, 1.165) is 0 Å². The minimum Gasteiger partial charge on any atom is -0.480 e. The first kappa shape index (κ1) is 14.5. The fraction of sp³-hybridized carbons (Fsp3) is 0.333. The minimum atomic E-state index is -1.10. The lowest BCUT2D eigenvalue weighted by molar-refractivity contribution is -0.135. The van der Waals surface area contributed by atoms with Crippen molar-refractivity contribution in [2.75, 3.05) is 14.1 Å². The molecule has 1 atom stereocenters. The van der Waals surface area contributed by atoms with Crippen molar-refractivity contribution in [1.29, 1.82) is 0 Å². The molecule has 1 aromatic carbocycles.